The molecular weight excluding hydrogens is 315 g/mol. The number of nitrogens with one attached hydrogen (secondary N) is 1. The summed E-state index contributed by atoms with van der Waals surface area (Å²) in [5.41, 5.74) is -0.221. The number of carbonyl (C=O) groups is 1. The van der Waals surface area contributed by atoms with Crippen LogP contribution < -0.4 is 10.9 Å². The Morgan fingerprint density at radius 2 is 2.00 bits per heavy atom. The third-order valence-electron chi connectivity index (χ3n) is 2.44. The number of para-hydroxylation sites is 1. The van der Waals surface area contributed by atoms with Gasteiger partial charge in [0.05, 0.1) is 10.2 Å². The van der Waals surface area contributed by atoms with Crippen LogP contribution in [-0.4, -0.2) is 10.5 Å². The van der Waals surface area contributed by atoms with Crippen molar-refractivity contribution in [1.29, 1.82) is 0 Å². The lowest BCUT2D eigenvalue weighted by Gasteiger charge is -2.08. The molecule has 6 heteroatoms. The molecule has 4 nitrogen and oxygen atoms in total. The number of anilines is 1. The largest absolute Gasteiger partial charge is 0.322 e. The molecule has 0 spiro atoms. The Hall–Kier alpha value is -1.95. The van der Waals surface area contributed by atoms with Gasteiger partial charge in [0.1, 0.15) is 12.4 Å². The van der Waals surface area contributed by atoms with Gasteiger partial charge < -0.3 is 9.88 Å². The molecule has 19 heavy (non-hydrogen) atoms. The van der Waals surface area contributed by atoms with Crippen molar-refractivity contribution >= 4 is 27.5 Å². The van der Waals surface area contributed by atoms with Crippen LogP contribution >= 0.6 is 15.9 Å². The molecule has 1 aromatic carbocycles. The van der Waals surface area contributed by atoms with E-state index in [2.05, 4.69) is 21.2 Å². The summed E-state index contributed by atoms with van der Waals surface area (Å²) in [6.45, 7) is -0.174. The minimum atomic E-state index is -0.516. The van der Waals surface area contributed by atoms with E-state index in [-0.39, 0.29) is 17.8 Å². The van der Waals surface area contributed by atoms with Crippen LogP contribution in [0.4, 0.5) is 10.1 Å². The van der Waals surface area contributed by atoms with E-state index in [1.54, 1.807) is 18.2 Å². The van der Waals surface area contributed by atoms with E-state index >= 15 is 0 Å². The molecule has 0 bridgehead atoms. The SMILES string of the molecule is O=C(Cn1cccc(Br)c1=O)Nc1ccccc1F. The molecule has 2 rings (SSSR count). The van der Waals surface area contributed by atoms with Gasteiger partial charge in [0.2, 0.25) is 5.91 Å². The first-order valence-electron chi connectivity index (χ1n) is 5.47. The minimum absolute atomic E-state index is 0.0931. The molecule has 1 heterocycles. The summed E-state index contributed by atoms with van der Waals surface area (Å²) in [7, 11) is 0. The summed E-state index contributed by atoms with van der Waals surface area (Å²) in [6, 6.07) is 9.08. The van der Waals surface area contributed by atoms with Crippen LogP contribution in [0.15, 0.2) is 51.9 Å². The van der Waals surface area contributed by atoms with E-state index in [0.717, 1.165) is 0 Å². The maximum atomic E-state index is 13.3. The zero-order valence-electron chi connectivity index (χ0n) is 9.77. The molecule has 1 N–H and O–H groups in total. The lowest BCUT2D eigenvalue weighted by molar-refractivity contribution is -0.116. The first kappa shape index (κ1) is 13.5. The van der Waals surface area contributed by atoms with Crippen molar-refractivity contribution in [2.24, 2.45) is 0 Å². The maximum absolute atomic E-state index is 13.3. The van der Waals surface area contributed by atoms with Crippen molar-refractivity contribution in [2.45, 2.75) is 6.54 Å². The highest BCUT2D eigenvalue weighted by molar-refractivity contribution is 9.10. The van der Waals surface area contributed by atoms with Crippen LogP contribution in [0.3, 0.4) is 0 Å². The summed E-state index contributed by atoms with van der Waals surface area (Å²) in [6.07, 6.45) is 1.49. The number of pyridine rings is 1. The van der Waals surface area contributed by atoms with Crippen molar-refractivity contribution in [3.63, 3.8) is 0 Å². The summed E-state index contributed by atoms with van der Waals surface area (Å²) >= 11 is 3.09. The monoisotopic (exact) mass is 324 g/mol. The standard InChI is InChI=1S/C13H10BrFN2O2/c14-9-4-3-7-17(13(9)19)8-12(18)16-11-6-2-1-5-10(11)15/h1-7H,8H2,(H,16,18). The van der Waals surface area contributed by atoms with Gasteiger partial charge in [-0.1, -0.05) is 12.1 Å². The van der Waals surface area contributed by atoms with Gasteiger partial charge in [0.15, 0.2) is 0 Å². The molecule has 0 saturated heterocycles. The Morgan fingerprint density at radius 3 is 2.74 bits per heavy atom. The Labute approximate surface area is 117 Å². The van der Waals surface area contributed by atoms with Crippen LogP contribution in [0.1, 0.15) is 0 Å². The molecular formula is C13H10BrFN2O2. The third-order valence-corrected chi connectivity index (χ3v) is 3.04. The fraction of sp³-hybridized carbons (Fsp3) is 0.0769. The molecule has 0 aliphatic carbocycles. The smallest absolute Gasteiger partial charge is 0.265 e. The van der Waals surface area contributed by atoms with E-state index in [4.69, 9.17) is 0 Å². The highest BCUT2D eigenvalue weighted by atomic mass is 79.9. The number of rotatable bonds is 3. The van der Waals surface area contributed by atoms with E-state index < -0.39 is 11.7 Å². The molecule has 1 aromatic heterocycles. The molecule has 1 amide bonds. The minimum Gasteiger partial charge on any atom is -0.322 e. The van der Waals surface area contributed by atoms with Gasteiger partial charge in [0, 0.05) is 6.20 Å². The highest BCUT2D eigenvalue weighted by Crippen LogP contribution is 2.12. The lowest BCUT2D eigenvalue weighted by atomic mass is 10.3. The highest BCUT2D eigenvalue weighted by Gasteiger charge is 2.08. The number of carbonyl (C=O) groups excluding carboxylic acids is 1. The lowest BCUT2D eigenvalue weighted by Crippen LogP contribution is -2.27. The van der Waals surface area contributed by atoms with Gasteiger partial charge >= 0.3 is 0 Å². The second-order valence-electron chi connectivity index (χ2n) is 3.82. The van der Waals surface area contributed by atoms with Gasteiger partial charge in [-0.3, -0.25) is 9.59 Å². The number of halogens is 2. The first-order chi connectivity index (χ1) is 9.08. The predicted octanol–water partition coefficient (Wildman–Crippen LogP) is 2.39. The fourth-order valence-corrected chi connectivity index (χ4v) is 1.92. The van der Waals surface area contributed by atoms with Gasteiger partial charge in [-0.05, 0) is 40.2 Å². The van der Waals surface area contributed by atoms with Crippen LogP contribution in [0.25, 0.3) is 0 Å². The average Bonchev–Trinajstić information content (AvgIpc) is 2.38. The maximum Gasteiger partial charge on any atom is 0.265 e. The zero-order chi connectivity index (χ0) is 13.8. The Bertz CT molecular complexity index is 670. The Morgan fingerprint density at radius 1 is 1.26 bits per heavy atom. The van der Waals surface area contributed by atoms with E-state index in [0.29, 0.717) is 4.47 Å². The molecule has 0 radical (unpaired) electrons. The number of aromatic nitrogens is 1. The molecule has 0 unspecified atom stereocenters. The van der Waals surface area contributed by atoms with Crippen molar-refractivity contribution in [3.05, 3.63) is 63.2 Å². The second-order valence-corrected chi connectivity index (χ2v) is 4.67. The van der Waals surface area contributed by atoms with Crippen LogP contribution in [0.5, 0.6) is 0 Å². The normalized spacial score (nSPS) is 10.2. The van der Waals surface area contributed by atoms with Crippen LogP contribution in [-0.2, 0) is 11.3 Å². The Kier molecular flexibility index (Phi) is 4.11. The number of hydrogen-bond acceptors (Lipinski definition) is 2. The topological polar surface area (TPSA) is 51.1 Å². The number of nitrogens with zero attached hydrogens (tertiary/aromatic N) is 1. The summed E-state index contributed by atoms with van der Waals surface area (Å²) < 4.78 is 14.9. The van der Waals surface area contributed by atoms with Crippen molar-refractivity contribution in [1.82, 2.24) is 4.57 Å². The molecule has 0 fully saturated rings. The van der Waals surface area contributed by atoms with Crippen LogP contribution in [0, 0.1) is 5.82 Å². The molecule has 2 aromatic rings. The summed E-state index contributed by atoms with van der Waals surface area (Å²) in [5, 5.41) is 2.42. The molecule has 98 valence electrons. The molecule has 0 aliphatic heterocycles. The van der Waals surface area contributed by atoms with Gasteiger partial charge in [-0.25, -0.2) is 4.39 Å². The summed E-state index contributed by atoms with van der Waals surface area (Å²) in [5.74, 6) is -0.984. The predicted molar refractivity (Wildman–Crippen MR) is 73.4 cm³/mol. The van der Waals surface area contributed by atoms with Crippen LogP contribution in [0.2, 0.25) is 0 Å². The number of amides is 1. The zero-order valence-corrected chi connectivity index (χ0v) is 11.4. The van der Waals surface area contributed by atoms with Gasteiger partial charge in [-0.2, -0.15) is 0 Å². The van der Waals surface area contributed by atoms with E-state index in [1.165, 1.54) is 29.0 Å². The molecule has 0 saturated carbocycles. The first-order valence-corrected chi connectivity index (χ1v) is 6.26. The molecule has 0 aliphatic rings. The number of benzene rings is 1. The summed E-state index contributed by atoms with van der Waals surface area (Å²) in [4.78, 5) is 23.4. The second kappa shape index (κ2) is 5.79. The molecule has 0 atom stereocenters. The Balaban J connectivity index is 2.12. The van der Waals surface area contributed by atoms with Crippen molar-refractivity contribution < 1.29 is 9.18 Å². The quantitative estimate of drug-likeness (QED) is 0.942. The fourth-order valence-electron chi connectivity index (χ4n) is 1.54. The van der Waals surface area contributed by atoms with Crippen molar-refractivity contribution in [3.8, 4) is 0 Å². The van der Waals surface area contributed by atoms with E-state index in [1.807, 2.05) is 0 Å². The average molecular weight is 325 g/mol. The van der Waals surface area contributed by atoms with E-state index in [9.17, 15) is 14.0 Å². The van der Waals surface area contributed by atoms with Crippen molar-refractivity contribution in [2.75, 3.05) is 5.32 Å². The number of hydrogen-bond donors (Lipinski definition) is 1. The van der Waals surface area contributed by atoms with Gasteiger partial charge in [0.25, 0.3) is 5.56 Å². The van der Waals surface area contributed by atoms with Gasteiger partial charge in [-0.15, -0.1) is 0 Å². The third kappa shape index (κ3) is 3.29.